The van der Waals surface area contributed by atoms with Crippen molar-refractivity contribution in [2.75, 3.05) is 13.1 Å². The van der Waals surface area contributed by atoms with Gasteiger partial charge in [0.25, 0.3) is 0 Å². The van der Waals surface area contributed by atoms with Crippen LogP contribution >= 0.6 is 0 Å². The monoisotopic (exact) mass is 311 g/mol. The zero-order chi connectivity index (χ0) is 15.7. The van der Waals surface area contributed by atoms with E-state index in [0.29, 0.717) is 6.42 Å². The Balaban J connectivity index is 1.49. The Morgan fingerprint density at radius 1 is 1.30 bits per heavy atom. The first-order chi connectivity index (χ1) is 11.3. The number of piperidine rings is 1. The zero-order valence-corrected chi connectivity index (χ0v) is 13.1. The standard InChI is InChI=1S/C18H21N3O2/c22-17-11-16(14-3-1-7-19-12-14)18(20-17)5-8-21(9-6-18)13-15-4-2-10-23-15/h1-4,7,10,12,16H,5-6,8-9,11,13H2,(H,20,22)/t16-/m0/s1. The van der Waals surface area contributed by atoms with Gasteiger partial charge in [0.1, 0.15) is 5.76 Å². The number of carbonyl (C=O) groups excluding carboxylic acids is 1. The van der Waals surface area contributed by atoms with Gasteiger partial charge in [0, 0.05) is 43.4 Å². The quantitative estimate of drug-likeness (QED) is 0.945. The molecule has 1 amide bonds. The van der Waals surface area contributed by atoms with Crippen LogP contribution in [-0.2, 0) is 11.3 Å². The van der Waals surface area contributed by atoms with Crippen LogP contribution in [0.2, 0.25) is 0 Å². The number of hydrogen-bond donors (Lipinski definition) is 1. The summed E-state index contributed by atoms with van der Waals surface area (Å²) in [6.45, 7) is 2.78. The molecule has 1 atom stereocenters. The van der Waals surface area contributed by atoms with Gasteiger partial charge in [0.15, 0.2) is 0 Å². The van der Waals surface area contributed by atoms with Gasteiger partial charge < -0.3 is 9.73 Å². The third-order valence-corrected chi connectivity index (χ3v) is 5.24. The van der Waals surface area contributed by atoms with Crippen molar-refractivity contribution in [2.24, 2.45) is 0 Å². The second-order valence-corrected chi connectivity index (χ2v) is 6.60. The molecule has 0 bridgehead atoms. The SMILES string of the molecule is O=C1C[C@@H](c2cccnc2)C2(CCN(Cc3ccco3)CC2)N1. The molecule has 23 heavy (non-hydrogen) atoms. The Hall–Kier alpha value is -2.14. The zero-order valence-electron chi connectivity index (χ0n) is 13.1. The highest BCUT2D eigenvalue weighted by molar-refractivity contribution is 5.81. The molecule has 4 heterocycles. The highest BCUT2D eigenvalue weighted by Crippen LogP contribution is 2.43. The van der Waals surface area contributed by atoms with Crippen LogP contribution in [0.4, 0.5) is 0 Å². The van der Waals surface area contributed by atoms with E-state index in [1.807, 2.05) is 24.4 Å². The molecule has 2 aliphatic rings. The smallest absolute Gasteiger partial charge is 0.221 e. The van der Waals surface area contributed by atoms with Crippen molar-refractivity contribution in [1.29, 1.82) is 0 Å². The van der Waals surface area contributed by atoms with Gasteiger partial charge in [-0.2, -0.15) is 0 Å². The normalized spacial score (nSPS) is 24.0. The van der Waals surface area contributed by atoms with Crippen molar-refractivity contribution in [3.63, 3.8) is 0 Å². The predicted molar refractivity (Wildman–Crippen MR) is 85.7 cm³/mol. The van der Waals surface area contributed by atoms with Crippen LogP contribution in [0.5, 0.6) is 0 Å². The van der Waals surface area contributed by atoms with Crippen molar-refractivity contribution in [1.82, 2.24) is 15.2 Å². The van der Waals surface area contributed by atoms with Gasteiger partial charge in [-0.1, -0.05) is 6.07 Å². The molecule has 5 nitrogen and oxygen atoms in total. The molecule has 2 aromatic rings. The van der Waals surface area contributed by atoms with E-state index in [1.54, 1.807) is 12.5 Å². The molecule has 2 aliphatic heterocycles. The van der Waals surface area contributed by atoms with Gasteiger partial charge in [0.05, 0.1) is 12.8 Å². The first kappa shape index (κ1) is 14.5. The lowest BCUT2D eigenvalue weighted by Gasteiger charge is -2.42. The van der Waals surface area contributed by atoms with E-state index in [2.05, 4.69) is 21.3 Å². The van der Waals surface area contributed by atoms with E-state index >= 15 is 0 Å². The fraction of sp³-hybridized carbons (Fsp3) is 0.444. The number of aromatic nitrogens is 1. The molecule has 2 aromatic heterocycles. The first-order valence-corrected chi connectivity index (χ1v) is 8.21. The van der Waals surface area contributed by atoms with Gasteiger partial charge in [-0.05, 0) is 36.6 Å². The summed E-state index contributed by atoms with van der Waals surface area (Å²) in [5.74, 6) is 1.40. The second kappa shape index (κ2) is 5.81. The molecule has 0 radical (unpaired) electrons. The number of nitrogens with one attached hydrogen (secondary N) is 1. The molecule has 2 fully saturated rings. The van der Waals surface area contributed by atoms with E-state index < -0.39 is 0 Å². The van der Waals surface area contributed by atoms with Crippen LogP contribution in [0.25, 0.3) is 0 Å². The van der Waals surface area contributed by atoms with Gasteiger partial charge in [-0.25, -0.2) is 0 Å². The molecule has 0 unspecified atom stereocenters. The number of pyridine rings is 1. The average molecular weight is 311 g/mol. The summed E-state index contributed by atoms with van der Waals surface area (Å²) < 4.78 is 5.44. The lowest BCUT2D eigenvalue weighted by Crippen LogP contribution is -2.53. The van der Waals surface area contributed by atoms with Crippen LogP contribution in [0, 0.1) is 0 Å². The molecule has 2 saturated heterocycles. The number of hydrogen-bond acceptors (Lipinski definition) is 4. The van der Waals surface area contributed by atoms with Crippen molar-refractivity contribution in [3.05, 3.63) is 54.2 Å². The third kappa shape index (κ3) is 2.77. The fourth-order valence-electron chi connectivity index (χ4n) is 4.02. The number of carbonyl (C=O) groups is 1. The molecule has 0 aromatic carbocycles. The molecule has 0 saturated carbocycles. The van der Waals surface area contributed by atoms with E-state index in [0.717, 1.165) is 38.2 Å². The van der Waals surface area contributed by atoms with Gasteiger partial charge in [0.2, 0.25) is 5.91 Å². The summed E-state index contributed by atoms with van der Waals surface area (Å²) >= 11 is 0. The summed E-state index contributed by atoms with van der Waals surface area (Å²) in [7, 11) is 0. The highest BCUT2D eigenvalue weighted by Gasteiger charge is 2.48. The van der Waals surface area contributed by atoms with Crippen molar-refractivity contribution in [2.45, 2.75) is 37.3 Å². The maximum absolute atomic E-state index is 12.1. The minimum Gasteiger partial charge on any atom is -0.468 e. The Morgan fingerprint density at radius 2 is 2.17 bits per heavy atom. The van der Waals surface area contributed by atoms with Gasteiger partial charge in [-0.15, -0.1) is 0 Å². The molecule has 4 rings (SSSR count). The summed E-state index contributed by atoms with van der Waals surface area (Å²) in [4.78, 5) is 18.7. The predicted octanol–water partition coefficient (Wildman–Crippen LogP) is 2.31. The van der Waals surface area contributed by atoms with E-state index in [1.165, 1.54) is 5.56 Å². The molecule has 1 N–H and O–H groups in total. The lowest BCUT2D eigenvalue weighted by molar-refractivity contribution is -0.120. The largest absolute Gasteiger partial charge is 0.468 e. The average Bonchev–Trinajstić information content (AvgIpc) is 3.19. The number of likely N-dealkylation sites (tertiary alicyclic amines) is 1. The second-order valence-electron chi connectivity index (χ2n) is 6.60. The maximum Gasteiger partial charge on any atom is 0.221 e. The minimum absolute atomic E-state index is 0.111. The van der Waals surface area contributed by atoms with E-state index in [-0.39, 0.29) is 17.4 Å². The van der Waals surface area contributed by atoms with Crippen LogP contribution in [0.15, 0.2) is 47.3 Å². The van der Waals surface area contributed by atoms with E-state index in [9.17, 15) is 4.79 Å². The Morgan fingerprint density at radius 3 is 2.87 bits per heavy atom. The van der Waals surface area contributed by atoms with Crippen LogP contribution < -0.4 is 5.32 Å². The van der Waals surface area contributed by atoms with Gasteiger partial charge in [-0.3, -0.25) is 14.7 Å². The Labute approximate surface area is 135 Å². The number of nitrogens with zero attached hydrogens (tertiary/aromatic N) is 2. The van der Waals surface area contributed by atoms with Crippen molar-refractivity contribution in [3.8, 4) is 0 Å². The number of amides is 1. The Kier molecular flexibility index (Phi) is 3.65. The van der Waals surface area contributed by atoms with Gasteiger partial charge >= 0.3 is 0 Å². The molecular weight excluding hydrogens is 290 g/mol. The molecular formula is C18H21N3O2. The Bertz CT molecular complexity index is 661. The highest BCUT2D eigenvalue weighted by atomic mass is 16.3. The number of rotatable bonds is 3. The minimum atomic E-state index is -0.111. The third-order valence-electron chi connectivity index (χ3n) is 5.24. The summed E-state index contributed by atoms with van der Waals surface area (Å²) in [5.41, 5.74) is 1.06. The summed E-state index contributed by atoms with van der Waals surface area (Å²) in [5, 5.41) is 3.28. The van der Waals surface area contributed by atoms with Crippen LogP contribution in [0.1, 0.15) is 36.5 Å². The molecule has 1 spiro atoms. The number of furan rings is 1. The maximum atomic E-state index is 12.1. The van der Waals surface area contributed by atoms with Crippen molar-refractivity contribution >= 4 is 5.91 Å². The topological polar surface area (TPSA) is 58.4 Å². The lowest BCUT2D eigenvalue weighted by atomic mass is 9.75. The molecule has 0 aliphatic carbocycles. The molecule has 5 heteroatoms. The summed E-state index contributed by atoms with van der Waals surface area (Å²) in [6, 6.07) is 7.99. The fourth-order valence-corrected chi connectivity index (χ4v) is 4.02. The first-order valence-electron chi connectivity index (χ1n) is 8.21. The van der Waals surface area contributed by atoms with Crippen LogP contribution in [-0.4, -0.2) is 34.4 Å². The summed E-state index contributed by atoms with van der Waals surface area (Å²) in [6.07, 6.45) is 7.92. The van der Waals surface area contributed by atoms with Crippen molar-refractivity contribution < 1.29 is 9.21 Å². The van der Waals surface area contributed by atoms with Crippen LogP contribution in [0.3, 0.4) is 0 Å². The van der Waals surface area contributed by atoms with E-state index in [4.69, 9.17) is 4.42 Å². The molecule has 120 valence electrons.